The summed E-state index contributed by atoms with van der Waals surface area (Å²) in [7, 11) is 0. The normalized spacial score (nSPS) is 17.6. The van der Waals surface area contributed by atoms with Gasteiger partial charge in [-0.15, -0.1) is 0 Å². The van der Waals surface area contributed by atoms with Crippen molar-refractivity contribution < 1.29 is 19.1 Å². The number of carbonyl (C=O) groups excluding carboxylic acids is 3. The molecule has 156 valence electrons. The quantitative estimate of drug-likeness (QED) is 0.461. The van der Waals surface area contributed by atoms with E-state index >= 15 is 0 Å². The van der Waals surface area contributed by atoms with Crippen molar-refractivity contribution >= 4 is 17.9 Å². The molecular formula is C20H27N5O4. The molecule has 1 aliphatic rings. The summed E-state index contributed by atoms with van der Waals surface area (Å²) >= 11 is 0. The number of ether oxygens (including phenoxy) is 1. The first-order valence-electron chi connectivity index (χ1n) is 9.64. The standard InChI is InChI=1S/C20H27N5O4/c1-20(2,3)29-19(28)22-15(13-14-9-5-4-6-10-14)18(27)25-12-8-7-11-16(25)17(26)23-24-21/h4-6,9-10,15-16H,7-8,11-13H2,1-3H3,(H,22,28)/t15-,16+/m1/s1. The van der Waals surface area contributed by atoms with E-state index in [0.717, 1.165) is 18.4 Å². The fraction of sp³-hybridized carbons (Fsp3) is 0.550. The number of nitrogens with zero attached hydrogens (tertiary/aromatic N) is 4. The van der Waals surface area contributed by atoms with Crippen molar-refractivity contribution in [2.75, 3.05) is 6.54 Å². The fourth-order valence-corrected chi connectivity index (χ4v) is 3.26. The Morgan fingerprint density at radius 2 is 1.97 bits per heavy atom. The summed E-state index contributed by atoms with van der Waals surface area (Å²) in [5.74, 6) is -1.08. The van der Waals surface area contributed by atoms with E-state index in [1.54, 1.807) is 20.8 Å². The number of hydrogen-bond acceptors (Lipinski definition) is 4. The Bertz CT molecular complexity index is 784. The minimum Gasteiger partial charge on any atom is -0.444 e. The molecule has 2 rings (SSSR count). The van der Waals surface area contributed by atoms with Crippen LogP contribution in [-0.2, 0) is 20.7 Å². The van der Waals surface area contributed by atoms with Gasteiger partial charge in [-0.25, -0.2) is 4.79 Å². The third-order valence-corrected chi connectivity index (χ3v) is 4.49. The van der Waals surface area contributed by atoms with E-state index in [1.807, 2.05) is 30.3 Å². The number of rotatable bonds is 5. The van der Waals surface area contributed by atoms with Gasteiger partial charge in [0.25, 0.3) is 0 Å². The van der Waals surface area contributed by atoms with Gasteiger partial charge in [0.1, 0.15) is 11.6 Å². The average molecular weight is 401 g/mol. The van der Waals surface area contributed by atoms with E-state index < -0.39 is 35.6 Å². The number of nitrogens with one attached hydrogen (secondary N) is 1. The van der Waals surface area contributed by atoms with E-state index in [2.05, 4.69) is 15.3 Å². The Kier molecular flexibility index (Phi) is 7.61. The summed E-state index contributed by atoms with van der Waals surface area (Å²) in [5.41, 5.74) is 8.73. The number of benzene rings is 1. The van der Waals surface area contributed by atoms with E-state index in [0.29, 0.717) is 13.0 Å². The highest BCUT2D eigenvalue weighted by molar-refractivity contribution is 5.92. The zero-order valence-electron chi connectivity index (χ0n) is 17.0. The van der Waals surface area contributed by atoms with Crippen LogP contribution in [0.2, 0.25) is 0 Å². The van der Waals surface area contributed by atoms with Gasteiger partial charge >= 0.3 is 6.09 Å². The Morgan fingerprint density at radius 3 is 2.59 bits per heavy atom. The number of hydrogen-bond donors (Lipinski definition) is 1. The molecule has 1 aromatic carbocycles. The molecule has 1 saturated heterocycles. The highest BCUT2D eigenvalue weighted by atomic mass is 16.6. The van der Waals surface area contributed by atoms with Gasteiger partial charge in [0.2, 0.25) is 11.8 Å². The van der Waals surface area contributed by atoms with Crippen molar-refractivity contribution in [2.24, 2.45) is 5.11 Å². The van der Waals surface area contributed by atoms with Crippen molar-refractivity contribution in [1.29, 1.82) is 0 Å². The van der Waals surface area contributed by atoms with Gasteiger partial charge in [-0.05, 0) is 56.2 Å². The van der Waals surface area contributed by atoms with Crippen LogP contribution in [0.1, 0.15) is 45.6 Å². The Balaban J connectivity index is 2.24. The summed E-state index contributed by atoms with van der Waals surface area (Å²) in [4.78, 5) is 41.8. The maximum absolute atomic E-state index is 13.3. The van der Waals surface area contributed by atoms with Gasteiger partial charge < -0.3 is 15.0 Å². The Labute approximate surface area is 170 Å². The van der Waals surface area contributed by atoms with Crippen LogP contribution in [0.15, 0.2) is 35.4 Å². The first-order valence-corrected chi connectivity index (χ1v) is 9.64. The lowest BCUT2D eigenvalue weighted by Crippen LogP contribution is -2.56. The smallest absolute Gasteiger partial charge is 0.408 e. The van der Waals surface area contributed by atoms with Crippen LogP contribution in [-0.4, -0.2) is 47.0 Å². The molecule has 1 N–H and O–H groups in total. The van der Waals surface area contributed by atoms with Gasteiger partial charge in [-0.1, -0.05) is 30.3 Å². The van der Waals surface area contributed by atoms with Crippen molar-refractivity contribution in [2.45, 2.75) is 64.1 Å². The Hall–Kier alpha value is -3.06. The number of likely N-dealkylation sites (tertiary alicyclic amines) is 1. The van der Waals surface area contributed by atoms with Crippen molar-refractivity contribution in [3.05, 3.63) is 46.3 Å². The molecule has 1 aromatic rings. The largest absolute Gasteiger partial charge is 0.444 e. The lowest BCUT2D eigenvalue weighted by Gasteiger charge is -2.36. The molecule has 3 amide bonds. The molecule has 9 heteroatoms. The second-order valence-corrected chi connectivity index (χ2v) is 7.96. The predicted octanol–water partition coefficient (Wildman–Crippen LogP) is 3.34. The molecule has 0 spiro atoms. The molecule has 0 unspecified atom stereocenters. The lowest BCUT2D eigenvalue weighted by atomic mass is 9.98. The maximum Gasteiger partial charge on any atom is 0.408 e. The van der Waals surface area contributed by atoms with Gasteiger partial charge in [-0.2, -0.15) is 0 Å². The van der Waals surface area contributed by atoms with E-state index in [9.17, 15) is 14.4 Å². The molecule has 1 aliphatic heterocycles. The van der Waals surface area contributed by atoms with Crippen molar-refractivity contribution in [3.8, 4) is 0 Å². The zero-order valence-corrected chi connectivity index (χ0v) is 17.0. The summed E-state index contributed by atoms with van der Waals surface area (Å²) in [5, 5.41) is 5.81. The number of alkyl carbamates (subject to hydrolysis) is 1. The molecule has 29 heavy (non-hydrogen) atoms. The number of azide groups is 1. The monoisotopic (exact) mass is 401 g/mol. The fourth-order valence-electron chi connectivity index (χ4n) is 3.26. The number of piperidine rings is 1. The second kappa shape index (κ2) is 9.93. The SMILES string of the molecule is CC(C)(C)OC(=O)N[C@H](Cc1ccccc1)C(=O)N1CCCC[C@H]1C(=O)N=[N+]=[N-]. The van der Waals surface area contributed by atoms with Gasteiger partial charge in [0, 0.05) is 17.9 Å². The van der Waals surface area contributed by atoms with Gasteiger partial charge in [0.15, 0.2) is 0 Å². The van der Waals surface area contributed by atoms with Gasteiger partial charge in [-0.3, -0.25) is 9.59 Å². The highest BCUT2D eigenvalue weighted by Crippen LogP contribution is 2.20. The van der Waals surface area contributed by atoms with Crippen LogP contribution in [0, 0.1) is 0 Å². The number of amides is 3. The molecule has 0 radical (unpaired) electrons. The molecule has 9 nitrogen and oxygen atoms in total. The first-order chi connectivity index (χ1) is 13.7. The molecule has 1 fully saturated rings. The molecule has 0 aromatic heterocycles. The molecule has 0 bridgehead atoms. The summed E-state index contributed by atoms with van der Waals surface area (Å²) in [6.07, 6.45) is 1.45. The molecule has 2 atom stereocenters. The van der Waals surface area contributed by atoms with Gasteiger partial charge in [0.05, 0.1) is 6.04 Å². The summed E-state index contributed by atoms with van der Waals surface area (Å²) in [6.45, 7) is 5.57. The minimum absolute atomic E-state index is 0.248. The number of carbonyl (C=O) groups is 3. The van der Waals surface area contributed by atoms with Crippen LogP contribution >= 0.6 is 0 Å². The molecule has 0 aliphatic carbocycles. The maximum atomic E-state index is 13.3. The third-order valence-electron chi connectivity index (χ3n) is 4.49. The average Bonchev–Trinajstić information content (AvgIpc) is 2.66. The highest BCUT2D eigenvalue weighted by Gasteiger charge is 2.36. The molecule has 0 saturated carbocycles. The van der Waals surface area contributed by atoms with Crippen LogP contribution < -0.4 is 5.32 Å². The van der Waals surface area contributed by atoms with E-state index in [4.69, 9.17) is 10.3 Å². The third kappa shape index (κ3) is 6.80. The van der Waals surface area contributed by atoms with Crippen molar-refractivity contribution in [1.82, 2.24) is 10.2 Å². The zero-order chi connectivity index (χ0) is 21.4. The molecule has 1 heterocycles. The van der Waals surface area contributed by atoms with Crippen LogP contribution in [0.5, 0.6) is 0 Å². The van der Waals surface area contributed by atoms with Crippen LogP contribution in [0.3, 0.4) is 0 Å². The summed E-state index contributed by atoms with van der Waals surface area (Å²) < 4.78 is 5.30. The topological polar surface area (TPSA) is 124 Å². The lowest BCUT2D eigenvalue weighted by molar-refractivity contribution is -0.142. The van der Waals surface area contributed by atoms with Crippen LogP contribution in [0.4, 0.5) is 4.79 Å². The van der Waals surface area contributed by atoms with Crippen LogP contribution in [0.25, 0.3) is 10.4 Å². The second-order valence-electron chi connectivity index (χ2n) is 7.96. The summed E-state index contributed by atoms with van der Waals surface area (Å²) in [6, 6.07) is 7.54. The van der Waals surface area contributed by atoms with Crippen molar-refractivity contribution in [3.63, 3.8) is 0 Å². The first kappa shape index (κ1) is 22.2. The molecular weight excluding hydrogens is 374 g/mol. The van der Waals surface area contributed by atoms with E-state index in [1.165, 1.54) is 4.90 Å². The Morgan fingerprint density at radius 1 is 1.28 bits per heavy atom. The predicted molar refractivity (Wildman–Crippen MR) is 107 cm³/mol. The minimum atomic E-state index is -0.910. The van der Waals surface area contributed by atoms with E-state index in [-0.39, 0.29) is 6.42 Å².